The van der Waals surface area contributed by atoms with E-state index in [-0.39, 0.29) is 17.5 Å². The summed E-state index contributed by atoms with van der Waals surface area (Å²) in [5.41, 5.74) is 5.78. The predicted octanol–water partition coefficient (Wildman–Crippen LogP) is 1.42. The summed E-state index contributed by atoms with van der Waals surface area (Å²) in [5.74, 6) is 0. The van der Waals surface area contributed by atoms with Crippen molar-refractivity contribution in [2.24, 2.45) is 5.73 Å². The Labute approximate surface area is 145 Å². The molecule has 1 aromatic carbocycles. The second kappa shape index (κ2) is 5.38. The SMILES string of the molecule is NC1CC2(C1)c1cccn1CCN2S(=O)(=O)c1ccccc1[N+](=O)[O-]. The van der Waals surface area contributed by atoms with E-state index < -0.39 is 26.2 Å². The average molecular weight is 362 g/mol. The first kappa shape index (κ1) is 16.2. The van der Waals surface area contributed by atoms with Crippen LogP contribution in [-0.2, 0) is 22.1 Å². The Morgan fingerprint density at radius 2 is 1.88 bits per heavy atom. The smallest absolute Gasteiger partial charge is 0.289 e. The van der Waals surface area contributed by atoms with Crippen molar-refractivity contribution >= 4 is 15.7 Å². The summed E-state index contributed by atoms with van der Waals surface area (Å²) in [4.78, 5) is 10.4. The van der Waals surface area contributed by atoms with Crippen molar-refractivity contribution in [1.29, 1.82) is 0 Å². The molecular weight excluding hydrogens is 344 g/mol. The molecule has 0 amide bonds. The van der Waals surface area contributed by atoms with Gasteiger partial charge in [0, 0.05) is 37.1 Å². The minimum absolute atomic E-state index is 0.0788. The first-order valence-electron chi connectivity index (χ1n) is 8.04. The van der Waals surface area contributed by atoms with E-state index in [1.54, 1.807) is 0 Å². The highest BCUT2D eigenvalue weighted by molar-refractivity contribution is 7.89. The fourth-order valence-corrected chi connectivity index (χ4v) is 6.01. The fraction of sp³-hybridized carbons (Fsp3) is 0.375. The number of nitro groups is 1. The highest BCUT2D eigenvalue weighted by Crippen LogP contribution is 2.50. The van der Waals surface area contributed by atoms with Crippen molar-refractivity contribution in [2.45, 2.75) is 35.9 Å². The summed E-state index contributed by atoms with van der Waals surface area (Å²) >= 11 is 0. The lowest BCUT2D eigenvalue weighted by Gasteiger charge is -2.54. The van der Waals surface area contributed by atoms with E-state index >= 15 is 0 Å². The third kappa shape index (κ3) is 2.23. The third-order valence-corrected chi connectivity index (χ3v) is 7.17. The molecule has 1 aliphatic heterocycles. The molecule has 132 valence electrons. The number of aromatic nitrogens is 1. The first-order valence-corrected chi connectivity index (χ1v) is 9.48. The van der Waals surface area contributed by atoms with Gasteiger partial charge in [0.1, 0.15) is 0 Å². The lowest BCUT2D eigenvalue weighted by molar-refractivity contribution is -0.387. The lowest BCUT2D eigenvalue weighted by atomic mass is 9.70. The fourth-order valence-electron chi connectivity index (χ4n) is 4.09. The predicted molar refractivity (Wildman–Crippen MR) is 90.3 cm³/mol. The maximum Gasteiger partial charge on any atom is 0.289 e. The third-order valence-electron chi connectivity index (χ3n) is 5.16. The van der Waals surface area contributed by atoms with Gasteiger partial charge in [0.2, 0.25) is 0 Å². The Morgan fingerprint density at radius 1 is 1.16 bits per heavy atom. The lowest BCUT2D eigenvalue weighted by Crippen LogP contribution is -2.64. The second-order valence-electron chi connectivity index (χ2n) is 6.59. The number of rotatable bonds is 3. The minimum atomic E-state index is -4.03. The molecule has 2 heterocycles. The Bertz CT molecular complexity index is 947. The molecule has 4 rings (SSSR count). The summed E-state index contributed by atoms with van der Waals surface area (Å²) in [6.45, 7) is 0.780. The minimum Gasteiger partial charge on any atom is -0.348 e. The molecule has 0 unspecified atom stereocenters. The molecule has 0 bridgehead atoms. The Hall–Kier alpha value is -2.23. The van der Waals surface area contributed by atoms with E-state index in [1.165, 1.54) is 28.6 Å². The Balaban J connectivity index is 1.85. The van der Waals surface area contributed by atoms with Crippen LogP contribution in [0.25, 0.3) is 0 Å². The standard InChI is InChI=1S/C16H18N4O4S/c17-12-10-16(11-12)15-6-3-7-18(15)8-9-19(16)25(23,24)14-5-2-1-4-13(14)20(21)22/h1-7,12H,8-11,17H2. The van der Waals surface area contributed by atoms with Gasteiger partial charge >= 0.3 is 0 Å². The maximum atomic E-state index is 13.3. The first-order chi connectivity index (χ1) is 11.9. The molecule has 0 atom stereocenters. The molecule has 0 radical (unpaired) electrons. The van der Waals surface area contributed by atoms with Crippen LogP contribution in [0.1, 0.15) is 18.5 Å². The Morgan fingerprint density at radius 3 is 2.56 bits per heavy atom. The van der Waals surface area contributed by atoms with Gasteiger partial charge in [-0.15, -0.1) is 0 Å². The van der Waals surface area contributed by atoms with Crippen molar-refractivity contribution in [3.8, 4) is 0 Å². The maximum absolute atomic E-state index is 13.3. The second-order valence-corrected chi connectivity index (χ2v) is 8.42. The van der Waals surface area contributed by atoms with Gasteiger partial charge in [-0.2, -0.15) is 4.31 Å². The van der Waals surface area contributed by atoms with Crippen molar-refractivity contribution in [2.75, 3.05) is 6.54 Å². The molecular formula is C16H18N4O4S. The molecule has 25 heavy (non-hydrogen) atoms. The number of sulfonamides is 1. The van der Waals surface area contributed by atoms with Gasteiger partial charge in [-0.05, 0) is 31.0 Å². The normalized spacial score (nSPS) is 26.2. The van der Waals surface area contributed by atoms with Crippen LogP contribution < -0.4 is 5.73 Å². The van der Waals surface area contributed by atoms with E-state index in [1.807, 2.05) is 22.9 Å². The molecule has 1 spiro atoms. The summed E-state index contributed by atoms with van der Waals surface area (Å²) < 4.78 is 30.1. The van der Waals surface area contributed by atoms with Crippen molar-refractivity contribution in [3.63, 3.8) is 0 Å². The van der Waals surface area contributed by atoms with E-state index in [2.05, 4.69) is 0 Å². The van der Waals surface area contributed by atoms with Crippen LogP contribution >= 0.6 is 0 Å². The van der Waals surface area contributed by atoms with Gasteiger partial charge < -0.3 is 10.3 Å². The van der Waals surface area contributed by atoms with Crippen LogP contribution in [0.3, 0.4) is 0 Å². The average Bonchev–Trinajstić information content (AvgIpc) is 3.03. The van der Waals surface area contributed by atoms with Gasteiger partial charge in [-0.1, -0.05) is 12.1 Å². The monoisotopic (exact) mass is 362 g/mol. The van der Waals surface area contributed by atoms with Gasteiger partial charge in [0.05, 0.1) is 10.5 Å². The molecule has 2 aliphatic rings. The van der Waals surface area contributed by atoms with Crippen LogP contribution in [0.4, 0.5) is 5.69 Å². The molecule has 1 aromatic heterocycles. The van der Waals surface area contributed by atoms with Crippen LogP contribution in [0.15, 0.2) is 47.5 Å². The van der Waals surface area contributed by atoms with Crippen molar-refractivity contribution < 1.29 is 13.3 Å². The Kier molecular flexibility index (Phi) is 3.50. The number of nitrogens with zero attached hydrogens (tertiary/aromatic N) is 3. The molecule has 1 aliphatic carbocycles. The van der Waals surface area contributed by atoms with E-state index in [0.717, 1.165) is 5.69 Å². The molecule has 0 saturated heterocycles. The number of para-hydroxylation sites is 1. The van der Waals surface area contributed by atoms with E-state index in [0.29, 0.717) is 19.4 Å². The number of hydrogen-bond acceptors (Lipinski definition) is 5. The highest BCUT2D eigenvalue weighted by Gasteiger charge is 2.56. The number of nitro benzene ring substituents is 1. The molecule has 2 aromatic rings. The van der Waals surface area contributed by atoms with E-state index in [4.69, 9.17) is 5.73 Å². The summed E-state index contributed by atoms with van der Waals surface area (Å²) in [5, 5.41) is 11.3. The van der Waals surface area contributed by atoms with Crippen LogP contribution in [0.2, 0.25) is 0 Å². The van der Waals surface area contributed by atoms with Crippen LogP contribution in [0, 0.1) is 10.1 Å². The number of hydrogen-bond donors (Lipinski definition) is 1. The van der Waals surface area contributed by atoms with E-state index in [9.17, 15) is 18.5 Å². The van der Waals surface area contributed by atoms with Gasteiger partial charge in [0.25, 0.3) is 15.7 Å². The van der Waals surface area contributed by atoms with Crippen molar-refractivity contribution in [1.82, 2.24) is 8.87 Å². The number of nitrogens with two attached hydrogens (primary N) is 1. The zero-order chi connectivity index (χ0) is 17.8. The summed E-state index contributed by atoms with van der Waals surface area (Å²) in [6, 6.07) is 9.21. The molecule has 1 fully saturated rings. The molecule has 9 heteroatoms. The topological polar surface area (TPSA) is 111 Å². The molecule has 2 N–H and O–H groups in total. The van der Waals surface area contributed by atoms with Crippen LogP contribution in [-0.4, -0.2) is 34.8 Å². The molecule has 8 nitrogen and oxygen atoms in total. The number of benzene rings is 1. The zero-order valence-electron chi connectivity index (χ0n) is 13.4. The molecule has 1 saturated carbocycles. The zero-order valence-corrected chi connectivity index (χ0v) is 14.2. The largest absolute Gasteiger partial charge is 0.348 e. The van der Waals surface area contributed by atoms with Crippen LogP contribution in [0.5, 0.6) is 0 Å². The van der Waals surface area contributed by atoms with Crippen molar-refractivity contribution in [3.05, 3.63) is 58.4 Å². The number of fused-ring (bicyclic) bond motifs is 2. The van der Waals surface area contributed by atoms with Gasteiger partial charge in [0.15, 0.2) is 4.90 Å². The summed E-state index contributed by atoms with van der Waals surface area (Å²) in [7, 11) is -4.03. The van der Waals surface area contributed by atoms with Gasteiger partial charge in [-0.3, -0.25) is 10.1 Å². The highest BCUT2D eigenvalue weighted by atomic mass is 32.2. The van der Waals surface area contributed by atoms with Gasteiger partial charge in [-0.25, -0.2) is 8.42 Å². The quantitative estimate of drug-likeness (QED) is 0.655. The summed E-state index contributed by atoms with van der Waals surface area (Å²) in [6.07, 6.45) is 2.95.